The van der Waals surface area contributed by atoms with Crippen molar-refractivity contribution in [1.29, 1.82) is 0 Å². The molecule has 0 saturated carbocycles. The van der Waals surface area contributed by atoms with E-state index in [-0.39, 0.29) is 12.1 Å². The van der Waals surface area contributed by atoms with Crippen molar-refractivity contribution < 1.29 is 5.11 Å². The van der Waals surface area contributed by atoms with E-state index in [1.807, 2.05) is 7.05 Å². The second-order valence-electron chi connectivity index (χ2n) is 5.96. The van der Waals surface area contributed by atoms with Gasteiger partial charge in [-0.1, -0.05) is 13.3 Å². The average Bonchev–Trinajstić information content (AvgIpc) is 2.78. The van der Waals surface area contributed by atoms with Gasteiger partial charge in [-0.05, 0) is 52.6 Å². The van der Waals surface area contributed by atoms with E-state index in [2.05, 4.69) is 31.0 Å². The Morgan fingerprint density at radius 3 is 2.76 bits per heavy atom. The van der Waals surface area contributed by atoms with Gasteiger partial charge < -0.3 is 15.3 Å². The maximum absolute atomic E-state index is 9.43. The van der Waals surface area contributed by atoms with Crippen LogP contribution in [0.15, 0.2) is 0 Å². The molecule has 0 amide bonds. The van der Waals surface area contributed by atoms with Gasteiger partial charge in [0.2, 0.25) is 0 Å². The van der Waals surface area contributed by atoms with Gasteiger partial charge in [0.1, 0.15) is 0 Å². The quantitative estimate of drug-likeness (QED) is 0.715. The highest BCUT2D eigenvalue weighted by molar-refractivity contribution is 4.88. The zero-order chi connectivity index (χ0) is 12.9. The van der Waals surface area contributed by atoms with Crippen molar-refractivity contribution in [3.63, 3.8) is 0 Å². The first-order chi connectivity index (χ1) is 8.04. The number of nitrogens with zero attached hydrogens (tertiary/aromatic N) is 1. The number of hydrogen-bond donors (Lipinski definition) is 2. The Labute approximate surface area is 107 Å². The third-order valence-corrected chi connectivity index (χ3v) is 4.34. The maximum atomic E-state index is 9.43. The number of likely N-dealkylation sites (N-methyl/N-ethyl adjacent to an activating group) is 1. The molecule has 1 aliphatic heterocycles. The van der Waals surface area contributed by atoms with E-state index in [1.54, 1.807) is 0 Å². The fraction of sp³-hybridized carbons (Fsp3) is 1.00. The summed E-state index contributed by atoms with van der Waals surface area (Å²) in [6.07, 6.45) is 5.04. The molecule has 3 atom stereocenters. The van der Waals surface area contributed by atoms with Crippen molar-refractivity contribution in [1.82, 2.24) is 10.2 Å². The predicted octanol–water partition coefficient (Wildman–Crippen LogP) is 1.86. The van der Waals surface area contributed by atoms with E-state index < -0.39 is 0 Å². The molecule has 17 heavy (non-hydrogen) atoms. The minimum Gasteiger partial charge on any atom is -0.394 e. The number of hydrogen-bond acceptors (Lipinski definition) is 3. The summed E-state index contributed by atoms with van der Waals surface area (Å²) in [5.74, 6) is 0.900. The third kappa shape index (κ3) is 4.23. The van der Waals surface area contributed by atoms with Crippen molar-refractivity contribution in [3.05, 3.63) is 0 Å². The van der Waals surface area contributed by atoms with E-state index in [4.69, 9.17) is 0 Å². The minimum absolute atomic E-state index is 0.137. The fourth-order valence-corrected chi connectivity index (χ4v) is 2.93. The second-order valence-corrected chi connectivity index (χ2v) is 5.96. The largest absolute Gasteiger partial charge is 0.394 e. The maximum Gasteiger partial charge on any atom is 0.0611 e. The van der Waals surface area contributed by atoms with Gasteiger partial charge in [0.25, 0.3) is 0 Å². The van der Waals surface area contributed by atoms with Gasteiger partial charge in [-0.25, -0.2) is 0 Å². The zero-order valence-corrected chi connectivity index (χ0v) is 12.0. The highest BCUT2D eigenvalue weighted by Crippen LogP contribution is 2.25. The summed E-state index contributed by atoms with van der Waals surface area (Å²) < 4.78 is 0. The molecular formula is C14H30N2O. The first-order valence-corrected chi connectivity index (χ1v) is 7.08. The van der Waals surface area contributed by atoms with Crippen LogP contribution >= 0.6 is 0 Å². The van der Waals surface area contributed by atoms with E-state index in [9.17, 15) is 5.11 Å². The molecule has 0 aromatic carbocycles. The number of aliphatic hydroxyl groups excluding tert-OH is 1. The van der Waals surface area contributed by atoms with Crippen LogP contribution < -0.4 is 5.32 Å². The lowest BCUT2D eigenvalue weighted by Gasteiger charge is -2.34. The molecule has 1 heterocycles. The van der Waals surface area contributed by atoms with Gasteiger partial charge in [-0.3, -0.25) is 0 Å². The molecule has 1 fully saturated rings. The van der Waals surface area contributed by atoms with Crippen LogP contribution in [0.2, 0.25) is 0 Å². The van der Waals surface area contributed by atoms with Crippen molar-refractivity contribution in [2.45, 2.75) is 58.0 Å². The summed E-state index contributed by atoms with van der Waals surface area (Å²) >= 11 is 0. The minimum atomic E-state index is -0.137. The molecule has 3 unspecified atom stereocenters. The van der Waals surface area contributed by atoms with Crippen molar-refractivity contribution in [2.75, 3.05) is 26.7 Å². The molecule has 2 N–H and O–H groups in total. The summed E-state index contributed by atoms with van der Waals surface area (Å²) in [6.45, 7) is 9.36. The van der Waals surface area contributed by atoms with E-state index in [0.717, 1.165) is 12.3 Å². The number of nitrogens with one attached hydrogen (secondary N) is 1. The summed E-state index contributed by atoms with van der Waals surface area (Å²) in [4.78, 5) is 2.59. The first kappa shape index (κ1) is 14.9. The highest BCUT2D eigenvalue weighted by Gasteiger charge is 2.30. The zero-order valence-electron chi connectivity index (χ0n) is 12.0. The molecule has 102 valence electrons. The molecule has 1 aliphatic rings. The lowest BCUT2D eigenvalue weighted by molar-refractivity contribution is 0.130. The highest BCUT2D eigenvalue weighted by atomic mass is 16.3. The van der Waals surface area contributed by atoms with E-state index >= 15 is 0 Å². The molecule has 0 aliphatic carbocycles. The number of aliphatic hydroxyl groups is 1. The summed E-state index contributed by atoms with van der Waals surface area (Å²) in [5, 5.41) is 12.7. The van der Waals surface area contributed by atoms with Gasteiger partial charge in [0.05, 0.1) is 6.61 Å². The molecule has 0 spiro atoms. The Morgan fingerprint density at radius 1 is 1.53 bits per heavy atom. The molecule has 0 bridgehead atoms. The van der Waals surface area contributed by atoms with Crippen LogP contribution in [0.1, 0.15) is 46.5 Å². The van der Waals surface area contributed by atoms with Crippen molar-refractivity contribution in [2.24, 2.45) is 5.92 Å². The van der Waals surface area contributed by atoms with Gasteiger partial charge in [0, 0.05) is 18.1 Å². The Balaban J connectivity index is 2.41. The molecule has 1 rings (SSSR count). The van der Waals surface area contributed by atoms with Crippen LogP contribution in [0.25, 0.3) is 0 Å². The summed E-state index contributed by atoms with van der Waals surface area (Å²) in [6, 6.07) is 0.557. The molecule has 3 heteroatoms. The normalized spacial score (nSPS) is 27.0. The standard InChI is InChI=1S/C14H30N2O/c1-5-6-13-7-8-16(10-13)12(2)9-14(3,11-17)15-4/h12-13,15,17H,5-11H2,1-4H3. The van der Waals surface area contributed by atoms with Crippen LogP contribution in [0.5, 0.6) is 0 Å². The smallest absolute Gasteiger partial charge is 0.0611 e. The first-order valence-electron chi connectivity index (χ1n) is 7.08. The molecular weight excluding hydrogens is 212 g/mol. The second kappa shape index (κ2) is 6.72. The number of rotatable bonds is 7. The van der Waals surface area contributed by atoms with Gasteiger partial charge in [-0.2, -0.15) is 0 Å². The van der Waals surface area contributed by atoms with Gasteiger partial charge in [0.15, 0.2) is 0 Å². The summed E-state index contributed by atoms with van der Waals surface area (Å²) in [7, 11) is 1.94. The summed E-state index contributed by atoms with van der Waals surface area (Å²) in [5.41, 5.74) is -0.137. The Bertz CT molecular complexity index is 216. The molecule has 1 saturated heterocycles. The molecule has 0 aromatic heterocycles. The van der Waals surface area contributed by atoms with Gasteiger partial charge in [-0.15, -0.1) is 0 Å². The number of likely N-dealkylation sites (tertiary alicyclic amines) is 1. The van der Waals surface area contributed by atoms with Crippen LogP contribution in [-0.4, -0.2) is 48.3 Å². The van der Waals surface area contributed by atoms with Crippen LogP contribution in [0.4, 0.5) is 0 Å². The Morgan fingerprint density at radius 2 is 2.24 bits per heavy atom. The Kier molecular flexibility index (Phi) is 5.90. The molecule has 0 radical (unpaired) electrons. The van der Waals surface area contributed by atoms with Gasteiger partial charge >= 0.3 is 0 Å². The predicted molar refractivity (Wildman–Crippen MR) is 73.2 cm³/mol. The van der Waals surface area contributed by atoms with Crippen molar-refractivity contribution in [3.8, 4) is 0 Å². The Hall–Kier alpha value is -0.120. The average molecular weight is 242 g/mol. The SMILES string of the molecule is CCCC1CCN(C(C)CC(C)(CO)NC)C1. The molecule has 3 nitrogen and oxygen atoms in total. The third-order valence-electron chi connectivity index (χ3n) is 4.34. The van der Waals surface area contributed by atoms with E-state index in [0.29, 0.717) is 6.04 Å². The molecule has 0 aromatic rings. The van der Waals surface area contributed by atoms with Crippen molar-refractivity contribution >= 4 is 0 Å². The fourth-order valence-electron chi connectivity index (χ4n) is 2.93. The monoisotopic (exact) mass is 242 g/mol. The van der Waals surface area contributed by atoms with Crippen LogP contribution in [-0.2, 0) is 0 Å². The topological polar surface area (TPSA) is 35.5 Å². The lowest BCUT2D eigenvalue weighted by Crippen LogP contribution is -2.48. The van der Waals surface area contributed by atoms with Crippen LogP contribution in [0, 0.1) is 5.92 Å². The van der Waals surface area contributed by atoms with Crippen LogP contribution in [0.3, 0.4) is 0 Å². The lowest BCUT2D eigenvalue weighted by atomic mass is 9.94. The van der Waals surface area contributed by atoms with E-state index in [1.165, 1.54) is 32.4 Å².